The van der Waals surface area contributed by atoms with Gasteiger partial charge in [-0.25, -0.2) is 0 Å². The van der Waals surface area contributed by atoms with Crippen LogP contribution >= 0.6 is 0 Å². The molecule has 0 spiro atoms. The lowest BCUT2D eigenvalue weighted by Crippen LogP contribution is -2.75. The van der Waals surface area contributed by atoms with Gasteiger partial charge in [-0.1, -0.05) is 116 Å². The fourth-order valence-corrected chi connectivity index (χ4v) is 12.0. The fraction of sp³-hybridized carbons (Fsp3) is 0.250. The predicted molar refractivity (Wildman–Crippen MR) is 257 cm³/mol. The molecule has 1 aliphatic carbocycles. The number of hydrogen-bond acceptors (Lipinski definition) is 0. The molecule has 0 amide bonds. The summed E-state index contributed by atoms with van der Waals surface area (Å²) in [5.74, 6) is 0.776. The highest BCUT2D eigenvalue weighted by molar-refractivity contribution is 7.97. The van der Waals surface area contributed by atoms with Crippen LogP contribution < -0.4 is 21.9 Å². The molecule has 0 saturated heterocycles. The summed E-state index contributed by atoms with van der Waals surface area (Å²) in [7, 11) is -0.0278. The molecule has 0 heterocycles. The Kier molecular flexibility index (Phi) is 17.5. The molecule has 1 aliphatic rings. The lowest BCUT2D eigenvalue weighted by molar-refractivity contribution is -0.144. The number of benzene rings is 7. The zero-order valence-corrected chi connectivity index (χ0v) is 42.0. The van der Waals surface area contributed by atoms with Crippen molar-refractivity contribution in [3.8, 4) is 0 Å². The molecule has 82 heavy (non-hydrogen) atoms. The number of halogens is 24. The van der Waals surface area contributed by atoms with Gasteiger partial charge in [-0.15, -0.1) is 0 Å². The Hall–Kier alpha value is -6.73. The van der Waals surface area contributed by atoms with Crippen molar-refractivity contribution < 1.29 is 105 Å². The van der Waals surface area contributed by atoms with Gasteiger partial charge in [-0.3, -0.25) is 0 Å². The van der Waals surface area contributed by atoms with E-state index in [9.17, 15) is 105 Å². The maximum Gasteiger partial charge on any atom is 0.416 e. The van der Waals surface area contributed by atoms with Crippen LogP contribution in [0.2, 0.25) is 0 Å². The fourth-order valence-electron chi connectivity index (χ4n) is 9.90. The highest BCUT2D eigenvalue weighted by atomic mass is 32.2. The van der Waals surface area contributed by atoms with Gasteiger partial charge in [0, 0.05) is 0 Å². The smallest absolute Gasteiger partial charge is 0.194 e. The summed E-state index contributed by atoms with van der Waals surface area (Å²) in [5.41, 5.74) is -28.7. The Balaban J connectivity index is 0.000000318. The molecule has 0 radical (unpaired) electrons. The molecular formula is C56H37BF24S. The third-order valence-corrected chi connectivity index (χ3v) is 15.8. The van der Waals surface area contributed by atoms with Gasteiger partial charge >= 0.3 is 49.4 Å². The minimum atomic E-state index is -6.13. The summed E-state index contributed by atoms with van der Waals surface area (Å²) in [5, 5.41) is 0. The van der Waals surface area contributed by atoms with Gasteiger partial charge in [-0.05, 0) is 85.0 Å². The van der Waals surface area contributed by atoms with Crippen LogP contribution in [-0.4, -0.2) is 6.15 Å². The molecule has 0 aliphatic heterocycles. The predicted octanol–water partition coefficient (Wildman–Crippen LogP) is 18.0. The van der Waals surface area contributed by atoms with Gasteiger partial charge < -0.3 is 0 Å². The molecule has 7 aromatic carbocycles. The maximum absolute atomic E-state index is 14.2. The third-order valence-electron chi connectivity index (χ3n) is 13.6. The van der Waals surface area contributed by atoms with E-state index in [1.165, 1.54) is 52.4 Å². The van der Waals surface area contributed by atoms with Crippen molar-refractivity contribution >= 4 is 38.9 Å². The first-order valence-corrected chi connectivity index (χ1v) is 25.2. The van der Waals surface area contributed by atoms with Gasteiger partial charge in [0.2, 0.25) is 0 Å². The first-order valence-electron chi connectivity index (χ1n) is 24.0. The van der Waals surface area contributed by atoms with Gasteiger partial charge in [0.1, 0.15) is 6.15 Å². The molecule has 0 aromatic heterocycles. The standard InChI is InChI=1S/C32H12BF24.C24H25S/c34-25(35,36)13-1-14(26(37,38)39)6-21(5-13)33(22-7-15(27(40,41)42)2-16(8-22)28(43,44)45,23-9-17(29(46,47)48)3-18(10-23)30(49,50)51)24-11-19(31(52,53)54)4-20(12-24)32(55,56)57;1-4-10-20(11-5-1)21-16-18-24(19-17-21)25(22-12-6-2-7-13-22)23-14-8-3-9-15-23/h1-12H;2-3,6-9,12-20H,1,4-5,10-11H2/q-1;+1. The molecule has 0 nitrogen and oxygen atoms in total. The number of rotatable bonds is 8. The molecule has 0 bridgehead atoms. The van der Waals surface area contributed by atoms with Crippen LogP contribution in [0.15, 0.2) is 172 Å². The van der Waals surface area contributed by atoms with Crippen LogP contribution in [0.4, 0.5) is 105 Å². The maximum atomic E-state index is 14.2. The van der Waals surface area contributed by atoms with Crippen molar-refractivity contribution in [3.05, 3.63) is 208 Å². The molecule has 8 rings (SSSR count). The van der Waals surface area contributed by atoms with E-state index in [0.29, 0.717) is 0 Å². The van der Waals surface area contributed by atoms with E-state index in [0.717, 1.165) is 5.92 Å². The first kappa shape index (κ1) is 62.9. The highest BCUT2D eigenvalue weighted by Gasteiger charge is 2.47. The quantitative estimate of drug-likeness (QED) is 0.0808. The first-order chi connectivity index (χ1) is 37.7. The SMILES string of the molecule is FC(F)(F)c1cc([B-](c2cc(C(F)(F)F)cc(C(F)(F)F)c2)(c2cc(C(F)(F)F)cc(C(F)(F)F)c2)c2cc(C(F)(F)F)cc(C(F)(F)F)c2)cc(C(F)(F)F)c1.c1ccc([S+](c2ccccc2)c2ccc(C3CCCCC3)cc2)cc1. The minimum absolute atomic E-state index is 0.0278. The third kappa shape index (κ3) is 14.4. The Labute approximate surface area is 453 Å². The summed E-state index contributed by atoms with van der Waals surface area (Å²) in [6.45, 7) is 0. The summed E-state index contributed by atoms with van der Waals surface area (Å²) in [6.07, 6.45) is -47.9. The van der Waals surface area contributed by atoms with E-state index in [2.05, 4.69) is 84.9 Å². The van der Waals surface area contributed by atoms with Gasteiger partial charge in [0.05, 0.1) is 55.4 Å². The molecular weight excluding hydrogens is 1170 g/mol. The Morgan fingerprint density at radius 1 is 0.268 bits per heavy atom. The number of alkyl halides is 24. The monoisotopic (exact) mass is 1210 g/mol. The molecule has 0 unspecified atom stereocenters. The second-order valence-electron chi connectivity index (χ2n) is 19.1. The van der Waals surface area contributed by atoms with E-state index >= 15 is 0 Å². The van der Waals surface area contributed by atoms with E-state index in [1.54, 1.807) is 0 Å². The minimum Gasteiger partial charge on any atom is -0.194 e. The summed E-state index contributed by atoms with van der Waals surface area (Å²) < 4.78 is 341. The van der Waals surface area contributed by atoms with Gasteiger partial charge in [-0.2, -0.15) is 127 Å². The number of hydrogen-bond donors (Lipinski definition) is 0. The van der Waals surface area contributed by atoms with Gasteiger partial charge in [0.25, 0.3) is 0 Å². The average molecular weight is 1210 g/mol. The van der Waals surface area contributed by atoms with Crippen molar-refractivity contribution in [1.82, 2.24) is 0 Å². The zero-order valence-electron chi connectivity index (χ0n) is 41.2. The lowest BCUT2D eigenvalue weighted by atomic mass is 9.12. The molecule has 1 fully saturated rings. The van der Waals surface area contributed by atoms with Crippen LogP contribution in [-0.2, 0) is 60.3 Å². The Bertz CT molecular complexity index is 2850. The molecule has 0 atom stereocenters. The van der Waals surface area contributed by atoms with Crippen molar-refractivity contribution in [2.75, 3.05) is 0 Å². The summed E-state index contributed by atoms with van der Waals surface area (Å²) in [4.78, 5) is 4.19. The molecule has 1 saturated carbocycles. The zero-order chi connectivity index (χ0) is 60.8. The molecule has 438 valence electrons. The normalized spacial score (nSPS) is 14.6. The topological polar surface area (TPSA) is 0 Å². The highest BCUT2D eigenvalue weighted by Crippen LogP contribution is 2.42. The van der Waals surface area contributed by atoms with E-state index in [1.807, 2.05) is 0 Å². The van der Waals surface area contributed by atoms with Crippen LogP contribution in [0.3, 0.4) is 0 Å². The molecule has 26 heteroatoms. The summed E-state index contributed by atoms with van der Waals surface area (Å²) in [6, 6.07) is 22.5. The van der Waals surface area contributed by atoms with E-state index in [-0.39, 0.29) is 10.9 Å². The van der Waals surface area contributed by atoms with Crippen molar-refractivity contribution in [2.24, 2.45) is 0 Å². The molecule has 0 N–H and O–H groups in total. The Morgan fingerprint density at radius 2 is 0.488 bits per heavy atom. The average Bonchev–Trinajstić information content (AvgIpc) is 3.41. The van der Waals surface area contributed by atoms with E-state index < -0.39 is 195 Å². The van der Waals surface area contributed by atoms with Crippen molar-refractivity contribution in [1.29, 1.82) is 0 Å². The molecule has 7 aromatic rings. The van der Waals surface area contributed by atoms with Crippen LogP contribution in [0.25, 0.3) is 0 Å². The largest absolute Gasteiger partial charge is 0.416 e. The summed E-state index contributed by atoms with van der Waals surface area (Å²) >= 11 is 0. The Morgan fingerprint density at radius 3 is 0.707 bits per heavy atom. The lowest BCUT2D eigenvalue weighted by Gasteiger charge is -2.46. The van der Waals surface area contributed by atoms with Crippen molar-refractivity contribution in [3.63, 3.8) is 0 Å². The van der Waals surface area contributed by atoms with Crippen LogP contribution in [0.5, 0.6) is 0 Å². The van der Waals surface area contributed by atoms with Crippen LogP contribution in [0, 0.1) is 0 Å². The second kappa shape index (κ2) is 22.8. The second-order valence-corrected chi connectivity index (χ2v) is 21.1. The van der Waals surface area contributed by atoms with Gasteiger partial charge in [0.15, 0.2) is 14.7 Å². The van der Waals surface area contributed by atoms with Crippen LogP contribution in [0.1, 0.15) is 88.1 Å². The van der Waals surface area contributed by atoms with E-state index in [4.69, 9.17) is 0 Å². The van der Waals surface area contributed by atoms with Crippen molar-refractivity contribution in [2.45, 2.75) is 102 Å².